The van der Waals surface area contributed by atoms with Crippen LogP contribution in [0.25, 0.3) is 11.1 Å². The Morgan fingerprint density at radius 3 is 1.93 bits per heavy atom. The fraction of sp³-hybridized carbons (Fsp3) is 0.308. The van der Waals surface area contributed by atoms with Crippen LogP contribution in [0.5, 0.6) is 0 Å². The molecule has 3 aliphatic rings. The Kier molecular flexibility index (Phi) is 4.58. The summed E-state index contributed by atoms with van der Waals surface area (Å²) >= 11 is -1.23. The molecule has 0 atom stereocenters. The molecule has 0 heterocycles. The summed E-state index contributed by atoms with van der Waals surface area (Å²) in [5.74, 6) is 0.424. The van der Waals surface area contributed by atoms with Crippen molar-refractivity contribution in [1.29, 1.82) is 0 Å². The van der Waals surface area contributed by atoms with Crippen LogP contribution < -0.4 is 0 Å². The summed E-state index contributed by atoms with van der Waals surface area (Å²) in [6.45, 7) is 0. The molecule has 0 saturated heterocycles. The molecule has 0 radical (unpaired) electrons. The quantitative estimate of drug-likeness (QED) is 0.466. The van der Waals surface area contributed by atoms with E-state index in [4.69, 9.17) is 0 Å². The summed E-state index contributed by atoms with van der Waals surface area (Å²) in [7, 11) is 0. The summed E-state index contributed by atoms with van der Waals surface area (Å²) in [5, 5.41) is 5.08. The number of hydrogen-bond donors (Lipinski definition) is 0. The average Bonchev–Trinajstić information content (AvgIpc) is 3.28. The molecule has 0 amide bonds. The normalized spacial score (nSPS) is 18.9. The van der Waals surface area contributed by atoms with Gasteiger partial charge in [-0.2, -0.15) is 0 Å². The molecule has 5 rings (SSSR count). The van der Waals surface area contributed by atoms with Gasteiger partial charge in [0.1, 0.15) is 0 Å². The van der Waals surface area contributed by atoms with Crippen molar-refractivity contribution in [3.8, 4) is 11.1 Å². The Morgan fingerprint density at radius 2 is 1.33 bits per heavy atom. The van der Waals surface area contributed by atoms with Gasteiger partial charge in [0.25, 0.3) is 0 Å². The third-order valence-corrected chi connectivity index (χ3v) is 8.90. The van der Waals surface area contributed by atoms with E-state index in [9.17, 15) is 0 Å². The Hall–Kier alpha value is -1.63. The molecule has 0 bridgehead atoms. The van der Waals surface area contributed by atoms with Crippen LogP contribution >= 0.6 is 0 Å². The van der Waals surface area contributed by atoms with Crippen molar-refractivity contribution in [2.45, 2.75) is 48.5 Å². The van der Waals surface area contributed by atoms with Crippen LogP contribution in [0.2, 0.25) is 10.5 Å². The van der Waals surface area contributed by atoms with Crippen molar-refractivity contribution in [3.63, 3.8) is 0 Å². The number of hydrogen-bond acceptors (Lipinski definition) is 0. The van der Waals surface area contributed by atoms with Crippen molar-refractivity contribution in [2.24, 2.45) is 0 Å². The zero-order valence-electron chi connectivity index (χ0n) is 16.4. The third-order valence-electron chi connectivity index (χ3n) is 6.47. The second kappa shape index (κ2) is 7.08. The first-order chi connectivity index (χ1) is 13.3. The minimum atomic E-state index is -1.23. The van der Waals surface area contributed by atoms with Gasteiger partial charge in [0.05, 0.1) is 0 Å². The summed E-state index contributed by atoms with van der Waals surface area (Å²) < 4.78 is 1.77. The summed E-state index contributed by atoms with van der Waals surface area (Å²) in [5.41, 5.74) is 10.9. The Balaban J connectivity index is 1.71. The molecule has 0 aromatic heterocycles. The van der Waals surface area contributed by atoms with Gasteiger partial charge in [0.15, 0.2) is 0 Å². The Bertz CT molecular complexity index is 933. The molecule has 0 nitrogen and oxygen atoms in total. The number of rotatable bonds is 2. The number of allylic oxidation sites excluding steroid dienone is 6. The maximum atomic E-state index is 2.54. The molecule has 27 heavy (non-hydrogen) atoms. The van der Waals surface area contributed by atoms with Gasteiger partial charge < -0.3 is 0 Å². The second-order valence-electron chi connectivity index (χ2n) is 8.35. The van der Waals surface area contributed by atoms with E-state index in [1.165, 1.54) is 54.4 Å². The summed E-state index contributed by atoms with van der Waals surface area (Å²) in [4.78, 5) is 0. The first kappa shape index (κ1) is 17.5. The van der Waals surface area contributed by atoms with Crippen molar-refractivity contribution in [2.75, 3.05) is 0 Å². The minimum absolute atomic E-state index is 0.424. The average molecular weight is 387 g/mol. The molecule has 1 fully saturated rings. The molecule has 0 aliphatic heterocycles. The molecule has 2 aromatic carbocycles. The van der Waals surface area contributed by atoms with Crippen molar-refractivity contribution < 1.29 is 17.9 Å². The van der Waals surface area contributed by atoms with Gasteiger partial charge in [-0.25, -0.2) is 0 Å². The molecule has 0 spiro atoms. The van der Waals surface area contributed by atoms with Gasteiger partial charge in [0, 0.05) is 0 Å². The van der Waals surface area contributed by atoms with E-state index >= 15 is 0 Å². The van der Waals surface area contributed by atoms with E-state index in [2.05, 4.69) is 71.1 Å². The van der Waals surface area contributed by atoms with Gasteiger partial charge in [-0.1, -0.05) is 0 Å². The fourth-order valence-corrected chi connectivity index (χ4v) is 7.83. The van der Waals surface area contributed by atoms with Crippen LogP contribution in [0.15, 0.2) is 81.3 Å². The zero-order chi connectivity index (χ0) is 18.4. The Labute approximate surface area is 169 Å². The van der Waals surface area contributed by atoms with E-state index in [-0.39, 0.29) is 0 Å². The molecular weight excluding hydrogens is 360 g/mol. The van der Waals surface area contributed by atoms with E-state index < -0.39 is 17.9 Å². The van der Waals surface area contributed by atoms with Crippen LogP contribution in [0.4, 0.5) is 0 Å². The zero-order valence-corrected chi connectivity index (χ0v) is 17.9. The van der Waals surface area contributed by atoms with Crippen LogP contribution in [0, 0.1) is 0 Å². The van der Waals surface area contributed by atoms with E-state index in [0.717, 1.165) is 0 Å². The predicted molar refractivity (Wildman–Crippen MR) is 112 cm³/mol. The van der Waals surface area contributed by atoms with Crippen LogP contribution in [-0.2, 0) is 17.9 Å². The number of benzene rings is 2. The summed E-state index contributed by atoms with van der Waals surface area (Å²) in [6.07, 6.45) is 11.8. The Morgan fingerprint density at radius 1 is 0.741 bits per heavy atom. The van der Waals surface area contributed by atoms with Gasteiger partial charge in [-0.05, 0) is 0 Å². The second-order valence-corrected chi connectivity index (χ2v) is 12.3. The standard InChI is InChI=1S/C24H21.2CH3.Ti/c1-2-8-17(9-3-1)18-14-15-19(16-18)24-22-12-6-4-10-20(22)21-11-5-7-13-23(21)24;;;/h4-7,10-15,24H,1-3,8-9H2;2*1H3;. The van der Waals surface area contributed by atoms with E-state index in [0.29, 0.717) is 5.92 Å². The van der Waals surface area contributed by atoms with Crippen LogP contribution in [-0.4, -0.2) is 0 Å². The van der Waals surface area contributed by atoms with Gasteiger partial charge in [0.2, 0.25) is 0 Å². The van der Waals surface area contributed by atoms with Crippen molar-refractivity contribution in [3.05, 3.63) is 92.4 Å². The number of fused-ring (bicyclic) bond motifs is 3. The van der Waals surface area contributed by atoms with Crippen LogP contribution in [0.1, 0.15) is 49.1 Å². The van der Waals surface area contributed by atoms with Gasteiger partial charge >= 0.3 is 170 Å². The third kappa shape index (κ3) is 2.86. The molecule has 0 N–H and O–H groups in total. The van der Waals surface area contributed by atoms with E-state index in [1.807, 2.05) is 0 Å². The monoisotopic (exact) mass is 387 g/mol. The molecule has 2 aromatic rings. The van der Waals surface area contributed by atoms with Crippen molar-refractivity contribution in [1.82, 2.24) is 0 Å². The molecule has 1 heteroatoms. The molecular formula is C26H27Ti. The fourth-order valence-electron chi connectivity index (χ4n) is 5.33. The van der Waals surface area contributed by atoms with Crippen LogP contribution in [0.3, 0.4) is 0 Å². The molecule has 3 aliphatic carbocycles. The topological polar surface area (TPSA) is 0 Å². The van der Waals surface area contributed by atoms with E-state index in [1.54, 1.807) is 20.6 Å². The molecule has 135 valence electrons. The van der Waals surface area contributed by atoms with Gasteiger partial charge in [-0.15, -0.1) is 0 Å². The first-order valence-corrected chi connectivity index (χ1v) is 14.3. The summed E-state index contributed by atoms with van der Waals surface area (Å²) in [6, 6.07) is 18.1. The van der Waals surface area contributed by atoms with Gasteiger partial charge in [-0.3, -0.25) is 0 Å². The maximum absolute atomic E-state index is 2.54. The molecule has 1 saturated carbocycles. The predicted octanol–water partition coefficient (Wildman–Crippen LogP) is 7.60. The first-order valence-electron chi connectivity index (χ1n) is 10.4. The molecule has 0 unspecified atom stereocenters. The SMILES string of the molecule is [CH3][Ti]([CH3])[C]1=C(C2c3ccccc3-c3ccccc32)C=CC1=C1CCCCC1. The van der Waals surface area contributed by atoms with Crippen molar-refractivity contribution >= 4 is 0 Å².